The van der Waals surface area contributed by atoms with Gasteiger partial charge in [0.05, 0.1) is 23.7 Å². The Hall–Kier alpha value is -2.00. The summed E-state index contributed by atoms with van der Waals surface area (Å²) in [5.41, 5.74) is 0.371. The van der Waals surface area contributed by atoms with E-state index in [-0.39, 0.29) is 30.6 Å². The molecule has 2 amide bonds. The molecule has 0 heterocycles. The number of benzene rings is 1. The molecule has 0 aliphatic rings. The molecule has 0 aliphatic heterocycles. The first kappa shape index (κ1) is 20.0. The summed E-state index contributed by atoms with van der Waals surface area (Å²) in [5.74, 6) is -0.341. The summed E-state index contributed by atoms with van der Waals surface area (Å²) < 4.78 is 0.423. The summed E-state index contributed by atoms with van der Waals surface area (Å²) in [6, 6.07) is 4.10. The molecule has 0 aliphatic carbocycles. The van der Waals surface area contributed by atoms with Crippen LogP contribution in [0.4, 0.5) is 11.4 Å². The molecule has 0 bridgehead atoms. The highest BCUT2D eigenvalue weighted by Gasteiger charge is 2.16. The molecule has 24 heavy (non-hydrogen) atoms. The number of nitro groups is 1. The van der Waals surface area contributed by atoms with Crippen LogP contribution in [0.15, 0.2) is 22.7 Å². The first-order valence-electron chi connectivity index (χ1n) is 7.48. The number of anilines is 1. The standard InChI is InChI=1S/C15H21BrN4O4/c1-4-19(5-2)15(22)10-18(3)9-14(21)17-13-7-6-11(20(23)24)8-12(13)16/h6-8H,4-5,9-10H2,1-3H3,(H,17,21). The van der Waals surface area contributed by atoms with E-state index in [2.05, 4.69) is 21.2 Å². The van der Waals surface area contributed by atoms with E-state index in [1.165, 1.54) is 18.2 Å². The maximum Gasteiger partial charge on any atom is 0.270 e. The number of halogens is 1. The van der Waals surface area contributed by atoms with Crippen LogP contribution in [0.3, 0.4) is 0 Å². The molecule has 1 N–H and O–H groups in total. The molecule has 0 spiro atoms. The SMILES string of the molecule is CCN(CC)C(=O)CN(C)CC(=O)Nc1ccc([N+](=O)[O-])cc1Br. The average molecular weight is 401 g/mol. The lowest BCUT2D eigenvalue weighted by molar-refractivity contribution is -0.384. The van der Waals surface area contributed by atoms with Gasteiger partial charge in [0, 0.05) is 29.7 Å². The minimum absolute atomic E-state index is 0.0354. The van der Waals surface area contributed by atoms with Gasteiger partial charge in [0.15, 0.2) is 0 Å². The molecule has 8 nitrogen and oxygen atoms in total. The summed E-state index contributed by atoms with van der Waals surface area (Å²) in [4.78, 5) is 37.5. The average Bonchev–Trinajstić information content (AvgIpc) is 2.49. The Kier molecular flexibility index (Phi) is 7.80. The number of non-ortho nitro benzene ring substituents is 1. The first-order valence-corrected chi connectivity index (χ1v) is 8.27. The number of nitro benzene ring substituents is 1. The van der Waals surface area contributed by atoms with Crippen molar-refractivity contribution in [2.45, 2.75) is 13.8 Å². The predicted molar refractivity (Wildman–Crippen MR) is 94.9 cm³/mol. The van der Waals surface area contributed by atoms with Crippen LogP contribution in [-0.2, 0) is 9.59 Å². The zero-order valence-electron chi connectivity index (χ0n) is 13.9. The smallest absolute Gasteiger partial charge is 0.270 e. The summed E-state index contributed by atoms with van der Waals surface area (Å²) >= 11 is 3.19. The first-order chi connectivity index (χ1) is 11.3. The van der Waals surface area contributed by atoms with E-state index in [1.54, 1.807) is 16.8 Å². The molecule has 1 aromatic rings. The van der Waals surface area contributed by atoms with Gasteiger partial charge in [0.25, 0.3) is 5.69 Å². The third-order valence-electron chi connectivity index (χ3n) is 3.37. The highest BCUT2D eigenvalue weighted by atomic mass is 79.9. The predicted octanol–water partition coefficient (Wildman–Crippen LogP) is 2.10. The maximum atomic E-state index is 12.1. The fourth-order valence-corrected chi connectivity index (χ4v) is 2.58. The van der Waals surface area contributed by atoms with Crippen LogP contribution in [0.5, 0.6) is 0 Å². The minimum atomic E-state index is -0.511. The van der Waals surface area contributed by atoms with Crippen LogP contribution in [0, 0.1) is 10.1 Å². The minimum Gasteiger partial charge on any atom is -0.342 e. The van der Waals surface area contributed by atoms with Gasteiger partial charge in [-0.25, -0.2) is 0 Å². The second kappa shape index (κ2) is 9.33. The van der Waals surface area contributed by atoms with E-state index in [1.807, 2.05) is 13.8 Å². The fourth-order valence-electron chi connectivity index (χ4n) is 2.12. The Morgan fingerprint density at radius 2 is 1.88 bits per heavy atom. The van der Waals surface area contributed by atoms with Crippen LogP contribution in [-0.4, -0.2) is 59.8 Å². The molecule has 1 aromatic carbocycles. The number of likely N-dealkylation sites (N-methyl/N-ethyl adjacent to an activating group) is 2. The van der Waals surface area contributed by atoms with Crippen molar-refractivity contribution in [3.8, 4) is 0 Å². The van der Waals surface area contributed by atoms with Crippen molar-refractivity contribution in [3.05, 3.63) is 32.8 Å². The number of rotatable bonds is 8. The molecular weight excluding hydrogens is 380 g/mol. The molecule has 0 aromatic heterocycles. The van der Waals surface area contributed by atoms with E-state index in [0.29, 0.717) is 23.2 Å². The Balaban J connectivity index is 2.60. The molecule has 0 saturated heterocycles. The van der Waals surface area contributed by atoms with E-state index < -0.39 is 4.92 Å². The zero-order valence-corrected chi connectivity index (χ0v) is 15.5. The van der Waals surface area contributed by atoms with Crippen molar-refractivity contribution in [2.24, 2.45) is 0 Å². The Labute approximate surface area is 149 Å². The summed E-state index contributed by atoms with van der Waals surface area (Å²) in [6.07, 6.45) is 0. The lowest BCUT2D eigenvalue weighted by Crippen LogP contribution is -2.41. The summed E-state index contributed by atoms with van der Waals surface area (Å²) in [6.45, 7) is 5.25. The Morgan fingerprint density at radius 1 is 1.25 bits per heavy atom. The van der Waals surface area contributed by atoms with Crippen molar-refractivity contribution in [2.75, 3.05) is 38.5 Å². The van der Waals surface area contributed by atoms with E-state index in [9.17, 15) is 19.7 Å². The topological polar surface area (TPSA) is 95.8 Å². The molecule has 0 saturated carbocycles. The molecule has 1 rings (SSSR count). The summed E-state index contributed by atoms with van der Waals surface area (Å²) in [5, 5.41) is 13.4. The number of nitrogens with one attached hydrogen (secondary N) is 1. The quantitative estimate of drug-likeness (QED) is 0.532. The number of nitrogens with zero attached hydrogens (tertiary/aromatic N) is 3. The van der Waals surface area contributed by atoms with Crippen LogP contribution >= 0.6 is 15.9 Å². The normalized spacial score (nSPS) is 10.5. The largest absolute Gasteiger partial charge is 0.342 e. The third kappa shape index (κ3) is 5.89. The van der Waals surface area contributed by atoms with Gasteiger partial charge >= 0.3 is 0 Å². The van der Waals surface area contributed by atoms with Gasteiger partial charge < -0.3 is 10.2 Å². The molecule has 9 heteroatoms. The molecule has 0 unspecified atom stereocenters. The maximum absolute atomic E-state index is 12.1. The number of carbonyl (C=O) groups is 2. The lowest BCUT2D eigenvalue weighted by Gasteiger charge is -2.22. The Bertz CT molecular complexity index is 619. The summed E-state index contributed by atoms with van der Waals surface area (Å²) in [7, 11) is 1.69. The van der Waals surface area contributed by atoms with Gasteiger partial charge in [0.2, 0.25) is 11.8 Å². The molecule has 0 atom stereocenters. The number of amides is 2. The van der Waals surface area contributed by atoms with E-state index in [4.69, 9.17) is 0 Å². The van der Waals surface area contributed by atoms with Crippen molar-refractivity contribution >= 4 is 39.1 Å². The number of carbonyl (C=O) groups excluding carboxylic acids is 2. The van der Waals surface area contributed by atoms with Crippen molar-refractivity contribution in [3.63, 3.8) is 0 Å². The van der Waals surface area contributed by atoms with Gasteiger partial charge in [-0.2, -0.15) is 0 Å². The van der Waals surface area contributed by atoms with Crippen molar-refractivity contribution < 1.29 is 14.5 Å². The van der Waals surface area contributed by atoms with Crippen LogP contribution in [0.1, 0.15) is 13.8 Å². The molecular formula is C15H21BrN4O4. The fraction of sp³-hybridized carbons (Fsp3) is 0.467. The van der Waals surface area contributed by atoms with E-state index in [0.717, 1.165) is 0 Å². The molecule has 132 valence electrons. The Morgan fingerprint density at radius 3 is 2.38 bits per heavy atom. The van der Waals surface area contributed by atoms with Crippen LogP contribution in [0.2, 0.25) is 0 Å². The van der Waals surface area contributed by atoms with Crippen LogP contribution in [0.25, 0.3) is 0 Å². The van der Waals surface area contributed by atoms with Crippen LogP contribution < -0.4 is 5.32 Å². The van der Waals surface area contributed by atoms with E-state index >= 15 is 0 Å². The number of hydrogen-bond donors (Lipinski definition) is 1. The molecule has 0 radical (unpaired) electrons. The van der Waals surface area contributed by atoms with Gasteiger partial charge in [-0.3, -0.25) is 24.6 Å². The lowest BCUT2D eigenvalue weighted by atomic mass is 10.3. The van der Waals surface area contributed by atoms with Gasteiger partial charge in [0.1, 0.15) is 0 Å². The van der Waals surface area contributed by atoms with Gasteiger partial charge in [-0.1, -0.05) is 0 Å². The number of hydrogen-bond acceptors (Lipinski definition) is 5. The van der Waals surface area contributed by atoms with Gasteiger partial charge in [-0.05, 0) is 42.9 Å². The van der Waals surface area contributed by atoms with Crippen molar-refractivity contribution in [1.82, 2.24) is 9.80 Å². The molecule has 0 fully saturated rings. The highest BCUT2D eigenvalue weighted by molar-refractivity contribution is 9.10. The second-order valence-corrected chi connectivity index (χ2v) is 6.06. The zero-order chi connectivity index (χ0) is 18.3. The third-order valence-corrected chi connectivity index (χ3v) is 4.03. The second-order valence-electron chi connectivity index (χ2n) is 5.21. The monoisotopic (exact) mass is 400 g/mol. The van der Waals surface area contributed by atoms with Crippen molar-refractivity contribution in [1.29, 1.82) is 0 Å². The van der Waals surface area contributed by atoms with Gasteiger partial charge in [-0.15, -0.1) is 0 Å². The highest BCUT2D eigenvalue weighted by Crippen LogP contribution is 2.26.